The van der Waals surface area contributed by atoms with Gasteiger partial charge < -0.3 is 0 Å². The van der Waals surface area contributed by atoms with Crippen molar-refractivity contribution >= 4 is 49.4 Å². The second-order valence-electron chi connectivity index (χ2n) is 10.00. The topological polar surface area (TPSA) is 37.3 Å². The average molecular weight is 542 g/mol. The Balaban J connectivity index is 2.56. The van der Waals surface area contributed by atoms with E-state index in [1.807, 2.05) is 43.3 Å². The fraction of sp³-hybridized carbons (Fsp3) is 0.400. The molecule has 0 unspecified atom stereocenters. The molecule has 5 nitrogen and oxygen atoms in total. The summed E-state index contributed by atoms with van der Waals surface area (Å²) in [5.41, 5.74) is 4.08. The molecule has 0 aliphatic carbocycles. The number of hydrogen-bond acceptors (Lipinski definition) is 5. The summed E-state index contributed by atoms with van der Waals surface area (Å²) in [6, 6.07) is 16.2. The molecule has 33 heavy (non-hydrogen) atoms. The summed E-state index contributed by atoms with van der Waals surface area (Å²) in [5.74, 6) is 1.68. The molecule has 2 radical (unpaired) electrons. The molecule has 0 heterocycles. The van der Waals surface area contributed by atoms with Gasteiger partial charge >= 0.3 is 210 Å². The number of rotatable bonds is 10. The van der Waals surface area contributed by atoms with E-state index in [0.717, 1.165) is 28.6 Å². The second-order valence-corrected chi connectivity index (χ2v) is 24.2. The molecule has 0 atom stereocenters. The van der Waals surface area contributed by atoms with E-state index in [-0.39, 0.29) is 0 Å². The van der Waals surface area contributed by atoms with Gasteiger partial charge in [-0.05, 0) is 0 Å². The van der Waals surface area contributed by atoms with Crippen molar-refractivity contribution in [3.63, 3.8) is 0 Å². The molecule has 8 heteroatoms. The van der Waals surface area contributed by atoms with Gasteiger partial charge in [0.1, 0.15) is 0 Å². The monoisotopic (exact) mass is 543 g/mol. The summed E-state index contributed by atoms with van der Waals surface area (Å²) in [4.78, 5) is 4.84. The van der Waals surface area contributed by atoms with Crippen LogP contribution in [0.5, 0.6) is 11.5 Å². The molecule has 2 aromatic rings. The third-order valence-electron chi connectivity index (χ3n) is 5.02. The van der Waals surface area contributed by atoms with Gasteiger partial charge in [-0.25, -0.2) is 0 Å². The van der Waals surface area contributed by atoms with Gasteiger partial charge in [-0.3, -0.25) is 0 Å². The Morgan fingerprint density at radius 1 is 0.818 bits per heavy atom. The van der Waals surface area contributed by atoms with Crippen LogP contribution in [0.1, 0.15) is 13.8 Å². The predicted molar refractivity (Wildman–Crippen MR) is 149 cm³/mol. The quantitative estimate of drug-likeness (QED) is 0.247. The Morgan fingerprint density at radius 3 is 1.88 bits per heavy atom. The Labute approximate surface area is 209 Å². The molecular formula is C25H39GeN3O2Si2. The fourth-order valence-corrected chi connectivity index (χ4v) is 18.8. The number of para-hydroxylation sites is 4. The normalized spacial score (nSPS) is 13.3. The molecule has 0 N–H and O–H groups in total. The van der Waals surface area contributed by atoms with E-state index in [9.17, 15) is 0 Å². The zero-order chi connectivity index (χ0) is 24.8. The molecule has 2 aromatic carbocycles. The van der Waals surface area contributed by atoms with Gasteiger partial charge in [0, 0.05) is 0 Å². The Bertz CT molecular complexity index is 984. The van der Waals surface area contributed by atoms with Crippen molar-refractivity contribution in [2.75, 3.05) is 18.1 Å². The summed E-state index contributed by atoms with van der Waals surface area (Å²) >= 11 is -0.645. The van der Waals surface area contributed by atoms with Crippen LogP contribution in [0.3, 0.4) is 0 Å². The van der Waals surface area contributed by atoms with Crippen molar-refractivity contribution in [2.24, 2.45) is 4.99 Å². The zero-order valence-electron chi connectivity index (χ0n) is 21.9. The molecule has 0 bridgehead atoms. The van der Waals surface area contributed by atoms with Crippen LogP contribution in [0.2, 0.25) is 39.3 Å². The third-order valence-corrected chi connectivity index (χ3v) is 23.3. The first-order valence-corrected chi connectivity index (χ1v) is 20.0. The van der Waals surface area contributed by atoms with Crippen molar-refractivity contribution in [1.82, 2.24) is 3.19 Å². The molecular weight excluding hydrogens is 503 g/mol. The molecule has 0 fully saturated rings. The van der Waals surface area contributed by atoms with Crippen LogP contribution >= 0.6 is 0 Å². The molecule has 2 rings (SSSR count). The first-order valence-electron chi connectivity index (χ1n) is 11.2. The number of nitrogens with zero attached hydrogens (tertiary/aromatic N) is 3. The molecule has 0 aliphatic rings. The SMILES string of the molecule is COc1ccccc1N=C(C)/C=C(/C)[N]([Ge][N]([Si](C)(C)C)[Si](C)(C)C)c1ccccc1OC. The number of benzene rings is 2. The van der Waals surface area contributed by atoms with Gasteiger partial charge in [0.2, 0.25) is 0 Å². The van der Waals surface area contributed by atoms with Crippen LogP contribution in [0.4, 0.5) is 11.4 Å². The number of ether oxygens (including phenoxy) is 2. The van der Waals surface area contributed by atoms with Crippen LogP contribution < -0.4 is 13.3 Å². The van der Waals surface area contributed by atoms with Crippen molar-refractivity contribution < 1.29 is 9.47 Å². The van der Waals surface area contributed by atoms with Crippen molar-refractivity contribution in [1.29, 1.82) is 0 Å². The van der Waals surface area contributed by atoms with Gasteiger partial charge in [0.25, 0.3) is 0 Å². The van der Waals surface area contributed by atoms with E-state index in [1.54, 1.807) is 14.2 Å². The molecule has 0 spiro atoms. The van der Waals surface area contributed by atoms with Gasteiger partial charge in [0.15, 0.2) is 0 Å². The zero-order valence-corrected chi connectivity index (χ0v) is 26.0. The van der Waals surface area contributed by atoms with Crippen LogP contribution in [-0.2, 0) is 0 Å². The van der Waals surface area contributed by atoms with Crippen LogP contribution in [0.25, 0.3) is 0 Å². The maximum absolute atomic E-state index is 5.77. The van der Waals surface area contributed by atoms with Crippen LogP contribution in [0, 0.1) is 0 Å². The average Bonchev–Trinajstić information content (AvgIpc) is 2.72. The molecule has 0 aliphatic heterocycles. The Hall–Kier alpha value is -1.81. The Morgan fingerprint density at radius 2 is 1.33 bits per heavy atom. The van der Waals surface area contributed by atoms with Crippen molar-refractivity contribution in [2.45, 2.75) is 53.1 Å². The summed E-state index contributed by atoms with van der Waals surface area (Å²) < 4.78 is 16.6. The fourth-order valence-electron chi connectivity index (χ4n) is 3.85. The van der Waals surface area contributed by atoms with E-state index < -0.39 is 32.3 Å². The van der Waals surface area contributed by atoms with Gasteiger partial charge in [0.05, 0.1) is 0 Å². The summed E-state index contributed by atoms with van der Waals surface area (Å²) in [6.07, 6.45) is 2.18. The number of methoxy groups -OCH3 is 2. The first-order chi connectivity index (χ1) is 15.4. The van der Waals surface area contributed by atoms with E-state index in [4.69, 9.17) is 14.5 Å². The van der Waals surface area contributed by atoms with E-state index in [0.29, 0.717) is 0 Å². The summed E-state index contributed by atoms with van der Waals surface area (Å²) in [6.45, 7) is 19.0. The molecule has 0 amide bonds. The van der Waals surface area contributed by atoms with Crippen LogP contribution in [-0.4, -0.2) is 55.5 Å². The number of hydrogen-bond donors (Lipinski definition) is 0. The van der Waals surface area contributed by atoms with Crippen molar-refractivity contribution in [3.8, 4) is 11.5 Å². The minimum atomic E-state index is -1.51. The van der Waals surface area contributed by atoms with E-state index in [1.165, 1.54) is 5.70 Å². The molecule has 0 saturated heterocycles. The predicted octanol–water partition coefficient (Wildman–Crippen LogP) is 6.71. The molecule has 0 aromatic heterocycles. The van der Waals surface area contributed by atoms with Crippen molar-refractivity contribution in [3.05, 3.63) is 60.3 Å². The number of aliphatic imine (C=N–C) groups is 1. The molecule has 0 saturated carbocycles. The Kier molecular flexibility index (Phi) is 9.60. The summed E-state index contributed by atoms with van der Waals surface area (Å²) in [5, 5.41) is 0. The number of allylic oxidation sites excluding steroid dienone is 2. The van der Waals surface area contributed by atoms with E-state index >= 15 is 0 Å². The standard InChI is InChI=1S/C25H39GeN3O2Si2/c1-20(27-22-15-11-13-17-24(22)30-3)19-21(2)28(23-16-12-14-18-25(23)31-4)26-29(32(5,6)7)33(8,9)10/h11-19H,1-10H3/b21-19-,27-20?. The maximum atomic E-state index is 5.77. The number of anilines is 1. The first kappa shape index (κ1) is 27.4. The van der Waals surface area contributed by atoms with Gasteiger partial charge in [-0.2, -0.15) is 0 Å². The summed E-state index contributed by atoms with van der Waals surface area (Å²) in [7, 11) is 0.410. The van der Waals surface area contributed by atoms with E-state index in [2.05, 4.69) is 71.5 Å². The molecule has 178 valence electrons. The van der Waals surface area contributed by atoms with Gasteiger partial charge in [-0.1, -0.05) is 0 Å². The minimum absolute atomic E-state index is 0.645. The second kappa shape index (κ2) is 11.5. The third kappa shape index (κ3) is 7.60. The van der Waals surface area contributed by atoms with Gasteiger partial charge in [-0.15, -0.1) is 0 Å². The van der Waals surface area contributed by atoms with Crippen LogP contribution in [0.15, 0.2) is 65.3 Å².